The van der Waals surface area contributed by atoms with Crippen LogP contribution in [0.5, 0.6) is 5.75 Å². The van der Waals surface area contributed by atoms with Crippen molar-refractivity contribution in [3.63, 3.8) is 0 Å². The van der Waals surface area contributed by atoms with E-state index in [1.54, 1.807) is 61.5 Å². The van der Waals surface area contributed by atoms with E-state index in [9.17, 15) is 22.7 Å². The first-order valence-electron chi connectivity index (χ1n) is 10.3. The summed E-state index contributed by atoms with van der Waals surface area (Å²) < 4.78 is 42.7. The van der Waals surface area contributed by atoms with Gasteiger partial charge in [0.2, 0.25) is 0 Å². The van der Waals surface area contributed by atoms with Crippen LogP contribution in [-0.2, 0) is 38.5 Å². The first-order chi connectivity index (χ1) is 16.2. The summed E-state index contributed by atoms with van der Waals surface area (Å²) in [5.41, 5.74) is 4.97. The molecule has 0 spiro atoms. The minimum atomic E-state index is -3.84. The number of hydrogen-bond donors (Lipinski definition) is 2. The number of hydroxylamine groups is 1. The Labute approximate surface area is 197 Å². The van der Waals surface area contributed by atoms with E-state index in [-0.39, 0.29) is 35.9 Å². The van der Waals surface area contributed by atoms with Crippen LogP contribution in [0.1, 0.15) is 23.6 Å². The monoisotopic (exact) mass is 485 g/mol. The van der Waals surface area contributed by atoms with Gasteiger partial charge in [-0.15, -0.1) is 0 Å². The molecular weight excluding hydrogens is 461 g/mol. The molecule has 0 fully saturated rings. The molecule has 178 valence electrons. The van der Waals surface area contributed by atoms with Gasteiger partial charge in [-0.2, -0.15) is 8.42 Å². The molecule has 9 heteroatoms. The molecule has 0 amide bonds. The predicted molar refractivity (Wildman–Crippen MR) is 125 cm³/mol. The quantitative estimate of drug-likeness (QED) is 0.236. The smallest absolute Gasteiger partial charge is 0.333 e. The highest BCUT2D eigenvalue weighted by Crippen LogP contribution is 2.19. The fraction of sp³-hybridized carbons (Fsp3) is 0.160. The normalized spacial score (nSPS) is 12.1. The molecule has 2 N–H and O–H groups in total. The van der Waals surface area contributed by atoms with Crippen LogP contribution in [0.25, 0.3) is 0 Å². The van der Waals surface area contributed by atoms with Crippen LogP contribution in [0.15, 0.2) is 90.1 Å². The van der Waals surface area contributed by atoms with Crippen LogP contribution in [0.2, 0.25) is 0 Å². The fourth-order valence-corrected chi connectivity index (χ4v) is 4.12. The molecule has 0 aromatic heterocycles. The zero-order chi connectivity index (χ0) is 24.6. The van der Waals surface area contributed by atoms with Crippen LogP contribution in [-0.4, -0.2) is 19.5 Å². The van der Waals surface area contributed by atoms with E-state index in [0.717, 1.165) is 5.56 Å². The van der Waals surface area contributed by atoms with Gasteiger partial charge in [-0.25, -0.2) is 9.18 Å². The third-order valence-electron chi connectivity index (χ3n) is 4.80. The van der Waals surface area contributed by atoms with Gasteiger partial charge in [0.15, 0.2) is 0 Å². The predicted octanol–water partition coefficient (Wildman–Crippen LogP) is 4.36. The van der Waals surface area contributed by atoms with Gasteiger partial charge in [0, 0.05) is 12.1 Å². The SMILES string of the molecule is CC(NOCc1ccc(F)cc1)=C(Cc1ccc(OS(=O)(=O)Cc2ccccc2)cc1)C(=O)O. The lowest BCUT2D eigenvalue weighted by Gasteiger charge is -2.12. The van der Waals surface area contributed by atoms with Gasteiger partial charge in [-0.05, 0) is 47.9 Å². The Kier molecular flexibility index (Phi) is 8.39. The molecule has 0 aliphatic rings. The molecular formula is C25H24FNO6S. The Hall–Kier alpha value is -3.69. The van der Waals surface area contributed by atoms with Crippen molar-refractivity contribution >= 4 is 16.1 Å². The molecule has 0 radical (unpaired) electrons. The van der Waals surface area contributed by atoms with Gasteiger partial charge < -0.3 is 9.29 Å². The van der Waals surface area contributed by atoms with Crippen LogP contribution < -0.4 is 9.66 Å². The Morgan fingerprint density at radius 2 is 1.53 bits per heavy atom. The van der Waals surface area contributed by atoms with E-state index in [2.05, 4.69) is 5.48 Å². The number of carboxylic acids is 1. The minimum Gasteiger partial charge on any atom is -0.478 e. The van der Waals surface area contributed by atoms with Gasteiger partial charge >= 0.3 is 16.1 Å². The van der Waals surface area contributed by atoms with Gasteiger partial charge in [0.1, 0.15) is 17.3 Å². The molecule has 0 atom stereocenters. The number of aliphatic carboxylic acids is 1. The van der Waals surface area contributed by atoms with Crippen molar-refractivity contribution in [3.05, 3.63) is 113 Å². The van der Waals surface area contributed by atoms with E-state index < -0.39 is 16.1 Å². The number of carboxylic acid groups (broad SMARTS) is 1. The lowest BCUT2D eigenvalue weighted by atomic mass is 10.0. The summed E-state index contributed by atoms with van der Waals surface area (Å²) in [4.78, 5) is 17.1. The molecule has 7 nitrogen and oxygen atoms in total. The summed E-state index contributed by atoms with van der Waals surface area (Å²) in [5.74, 6) is -1.60. The Morgan fingerprint density at radius 1 is 0.912 bits per heavy atom. The number of carbonyl (C=O) groups is 1. The number of allylic oxidation sites excluding steroid dienone is 1. The zero-order valence-corrected chi connectivity index (χ0v) is 19.2. The summed E-state index contributed by atoms with van der Waals surface area (Å²) in [6.07, 6.45) is 0.0745. The Bertz CT molecular complexity index is 1240. The molecule has 3 aromatic carbocycles. The highest BCUT2D eigenvalue weighted by atomic mass is 32.2. The van der Waals surface area contributed by atoms with Crippen LogP contribution in [0.4, 0.5) is 4.39 Å². The summed E-state index contributed by atoms with van der Waals surface area (Å²) >= 11 is 0. The highest BCUT2D eigenvalue weighted by molar-refractivity contribution is 7.86. The second-order valence-electron chi connectivity index (χ2n) is 7.52. The third-order valence-corrected chi connectivity index (χ3v) is 5.94. The Balaban J connectivity index is 1.60. The van der Waals surface area contributed by atoms with E-state index in [1.165, 1.54) is 24.3 Å². The second kappa shape index (κ2) is 11.4. The van der Waals surface area contributed by atoms with Crippen molar-refractivity contribution in [2.24, 2.45) is 0 Å². The van der Waals surface area contributed by atoms with E-state index in [0.29, 0.717) is 16.8 Å². The van der Waals surface area contributed by atoms with Gasteiger partial charge in [0.25, 0.3) is 0 Å². The summed E-state index contributed by atoms with van der Waals surface area (Å²) in [5, 5.41) is 9.60. The lowest BCUT2D eigenvalue weighted by molar-refractivity contribution is -0.133. The molecule has 0 unspecified atom stereocenters. The molecule has 0 saturated heterocycles. The van der Waals surface area contributed by atoms with E-state index in [1.807, 2.05) is 0 Å². The Morgan fingerprint density at radius 3 is 2.15 bits per heavy atom. The first kappa shape index (κ1) is 24.9. The number of nitrogens with one attached hydrogen (secondary N) is 1. The molecule has 0 bridgehead atoms. The summed E-state index contributed by atoms with van der Waals surface area (Å²) in [7, 11) is -3.84. The van der Waals surface area contributed by atoms with Crippen molar-refractivity contribution in [2.75, 3.05) is 0 Å². The largest absolute Gasteiger partial charge is 0.478 e. The topological polar surface area (TPSA) is 102 Å². The molecule has 0 aliphatic heterocycles. The maximum atomic E-state index is 13.0. The average Bonchev–Trinajstić information content (AvgIpc) is 2.79. The maximum absolute atomic E-state index is 13.0. The summed E-state index contributed by atoms with van der Waals surface area (Å²) in [6.45, 7) is 1.69. The van der Waals surface area contributed by atoms with Gasteiger partial charge in [0.05, 0.1) is 12.2 Å². The molecule has 34 heavy (non-hydrogen) atoms. The van der Waals surface area contributed by atoms with Crippen LogP contribution in [0, 0.1) is 5.82 Å². The maximum Gasteiger partial charge on any atom is 0.333 e. The van der Waals surface area contributed by atoms with Crippen molar-refractivity contribution in [2.45, 2.75) is 25.7 Å². The van der Waals surface area contributed by atoms with Crippen LogP contribution in [0.3, 0.4) is 0 Å². The standard InChI is InChI=1S/C25H24FNO6S/c1-18(27-32-16-20-7-11-22(26)12-8-20)24(25(28)29)15-19-9-13-23(14-10-19)33-34(30,31)17-21-5-3-2-4-6-21/h2-14,27H,15-17H2,1H3,(H,28,29). The van der Waals surface area contributed by atoms with Crippen molar-refractivity contribution in [3.8, 4) is 5.75 Å². The van der Waals surface area contributed by atoms with Crippen molar-refractivity contribution < 1.29 is 31.7 Å². The van der Waals surface area contributed by atoms with Crippen molar-refractivity contribution in [1.82, 2.24) is 5.48 Å². The first-order valence-corrected chi connectivity index (χ1v) is 11.9. The summed E-state index contributed by atoms with van der Waals surface area (Å²) in [6, 6.07) is 20.6. The number of hydrogen-bond acceptors (Lipinski definition) is 6. The lowest BCUT2D eigenvalue weighted by Crippen LogP contribution is -2.18. The second-order valence-corrected chi connectivity index (χ2v) is 9.09. The average molecular weight is 486 g/mol. The zero-order valence-electron chi connectivity index (χ0n) is 18.4. The highest BCUT2D eigenvalue weighted by Gasteiger charge is 2.16. The van der Waals surface area contributed by atoms with Crippen LogP contribution >= 0.6 is 0 Å². The van der Waals surface area contributed by atoms with E-state index in [4.69, 9.17) is 9.02 Å². The minimum absolute atomic E-state index is 0.0736. The number of rotatable bonds is 11. The molecule has 0 saturated carbocycles. The molecule has 3 rings (SSSR count). The van der Waals surface area contributed by atoms with Gasteiger partial charge in [-0.3, -0.25) is 10.3 Å². The molecule has 3 aromatic rings. The molecule has 0 aliphatic carbocycles. The van der Waals surface area contributed by atoms with E-state index >= 15 is 0 Å². The number of halogens is 1. The molecule has 0 heterocycles. The van der Waals surface area contributed by atoms with Crippen molar-refractivity contribution in [1.29, 1.82) is 0 Å². The van der Waals surface area contributed by atoms with Gasteiger partial charge in [-0.1, -0.05) is 54.6 Å². The fourth-order valence-electron chi connectivity index (χ4n) is 3.06. The third kappa shape index (κ3) is 7.72. The number of benzene rings is 3.